The number of benzene rings is 2. The number of fused-ring (bicyclic) bond motifs is 2. The summed E-state index contributed by atoms with van der Waals surface area (Å²) in [5, 5.41) is 38.9. The molecule has 4 amide bonds. The van der Waals surface area contributed by atoms with Crippen LogP contribution in [-0.4, -0.2) is 179 Å². The second-order valence-electron chi connectivity index (χ2n) is 34.1. The van der Waals surface area contributed by atoms with Gasteiger partial charge in [0, 0.05) is 98.8 Å². The number of carbonyl (C=O) groups is 9. The van der Waals surface area contributed by atoms with Gasteiger partial charge in [-0.1, -0.05) is 45.7 Å². The Morgan fingerprint density at radius 2 is 1.15 bits per heavy atom. The van der Waals surface area contributed by atoms with Gasteiger partial charge >= 0.3 is 24.1 Å². The van der Waals surface area contributed by atoms with Crippen LogP contribution >= 0.6 is 0 Å². The lowest BCUT2D eigenvalue weighted by Crippen LogP contribution is -2.50. The number of hydrogen-bond donors (Lipinski definition) is 10. The number of carbonyl (C=O) groups excluding carboxylic acids is 7. The van der Waals surface area contributed by atoms with Crippen LogP contribution in [-0.2, 0) is 88.7 Å². The molecule has 0 saturated heterocycles. The standard InChI is InChI=1S/C80H127N13O19S2/c1-21-45(4)55(71(98)90-65(44(2)3)63(96)37-53(72(99)100)28-22-24-32-86-75(103)111-77(11,12)13)39-62(95)59(31-27-33-84-64(82)43-113(105,106)68-48(7)46(5)56-40-79(17,18)109-66(56)50(68)9)88-70(97)52(29-26-34-85-74(83)91-114(107,108)69-49(8)47(6)57-41-80(19,20)110-67(57)51(69)10)36-61(94)60(89-76(104)112-78(14,15)16)38-54-42-87-92-93(54)35-25-23-30-58(81)73(101)102/h42,44-45,52-53,55,58-60,65H,21-41,43,81H2,1-20H3,(H2,82,84)(H,86,103)(H,88,97)(H,89,104)(H,90,98)(H,99,100)(H,101,102)(H3,83,85,91)/t45-,52+,53?,55?,58?,59-,60-,65-/m1/s1. The van der Waals surface area contributed by atoms with Crippen molar-refractivity contribution in [1.82, 2.24) is 41.0 Å². The molecule has 0 saturated carbocycles. The third-order valence-electron chi connectivity index (χ3n) is 20.7. The number of carboxylic acids is 2. The maximum Gasteiger partial charge on any atom is 0.408 e. The molecule has 13 N–H and O–H groups in total. The van der Waals surface area contributed by atoms with Crippen LogP contribution in [0.2, 0.25) is 0 Å². The maximum absolute atomic E-state index is 15.5. The summed E-state index contributed by atoms with van der Waals surface area (Å²) in [7, 11) is -8.55. The van der Waals surface area contributed by atoms with E-state index in [2.05, 4.69) is 46.3 Å². The monoisotopic (exact) mass is 1640 g/mol. The van der Waals surface area contributed by atoms with Crippen molar-refractivity contribution >= 4 is 84.9 Å². The van der Waals surface area contributed by atoms with E-state index in [9.17, 15) is 55.8 Å². The van der Waals surface area contributed by atoms with Gasteiger partial charge in [0.1, 0.15) is 51.5 Å². The number of hydrogen-bond acceptors (Lipinski definition) is 22. The second kappa shape index (κ2) is 40.7. The number of guanidine groups is 1. The van der Waals surface area contributed by atoms with Crippen molar-refractivity contribution in [2.45, 2.75) is 311 Å². The van der Waals surface area contributed by atoms with Crippen molar-refractivity contribution in [1.29, 1.82) is 0 Å². The number of amides is 4. The number of aliphatic imine (C=N–C) groups is 2. The fourth-order valence-corrected chi connectivity index (χ4v) is 17.7. The van der Waals surface area contributed by atoms with Crippen LogP contribution in [0.5, 0.6) is 11.5 Å². The first-order chi connectivity index (χ1) is 52.7. The zero-order valence-electron chi connectivity index (χ0n) is 70.4. The summed E-state index contributed by atoms with van der Waals surface area (Å²) in [4.78, 5) is 134. The molecule has 0 aliphatic carbocycles. The van der Waals surface area contributed by atoms with Gasteiger partial charge in [-0.3, -0.25) is 43.5 Å². The minimum Gasteiger partial charge on any atom is -0.487 e. The van der Waals surface area contributed by atoms with E-state index >= 15 is 14.4 Å². The van der Waals surface area contributed by atoms with Crippen molar-refractivity contribution in [3.8, 4) is 11.5 Å². The van der Waals surface area contributed by atoms with E-state index in [0.29, 0.717) is 84.4 Å². The summed E-state index contributed by atoms with van der Waals surface area (Å²) in [5.74, 6) is -11.2. The fourth-order valence-electron chi connectivity index (χ4n) is 14.4. The van der Waals surface area contributed by atoms with E-state index in [1.54, 1.807) is 96.9 Å². The maximum atomic E-state index is 15.5. The van der Waals surface area contributed by atoms with Gasteiger partial charge in [-0.15, -0.1) is 5.10 Å². The van der Waals surface area contributed by atoms with Crippen LogP contribution in [0.4, 0.5) is 9.59 Å². The lowest BCUT2D eigenvalue weighted by atomic mass is 9.83. The van der Waals surface area contributed by atoms with Gasteiger partial charge in [0.2, 0.25) is 17.8 Å². The minimum atomic E-state index is -4.40. The number of unbranched alkanes of at least 4 members (excludes halogenated alkanes) is 2. The van der Waals surface area contributed by atoms with Gasteiger partial charge in [0.05, 0.1) is 45.7 Å². The predicted molar refractivity (Wildman–Crippen MR) is 432 cm³/mol. The lowest BCUT2D eigenvalue weighted by molar-refractivity contribution is -0.144. The topological polar surface area (TPSA) is 493 Å². The summed E-state index contributed by atoms with van der Waals surface area (Å²) < 4.78 is 84.5. The molecule has 0 spiro atoms. The van der Waals surface area contributed by atoms with Crippen LogP contribution < -0.4 is 52.7 Å². The first-order valence-electron chi connectivity index (χ1n) is 39.4. The Labute approximate surface area is 672 Å². The smallest absolute Gasteiger partial charge is 0.408 e. The third kappa shape index (κ3) is 28.0. The van der Waals surface area contributed by atoms with Crippen molar-refractivity contribution in [3.63, 3.8) is 0 Å². The Bertz CT molecular complexity index is 4290. The lowest BCUT2D eigenvalue weighted by Gasteiger charge is -2.29. The second-order valence-corrected chi connectivity index (χ2v) is 37.7. The molecule has 2 aromatic carbocycles. The van der Waals surface area contributed by atoms with Crippen LogP contribution in [0.25, 0.3) is 0 Å². The predicted octanol–water partition coefficient (Wildman–Crippen LogP) is 8.44. The molecular weight excluding hydrogens is 1510 g/mol. The summed E-state index contributed by atoms with van der Waals surface area (Å²) in [6, 6.07) is -5.21. The summed E-state index contributed by atoms with van der Waals surface area (Å²) in [6.45, 7) is 35.0. The number of alkyl carbamates (subject to hydrolysis) is 2. The summed E-state index contributed by atoms with van der Waals surface area (Å²) in [5.41, 5.74) is 21.2. The number of ketones is 3. The molecule has 34 heteroatoms. The number of aromatic nitrogens is 3. The molecule has 1 aromatic heterocycles. The number of Topliss-reactive ketones (excluding diaryl/α,β-unsaturated/α-hetero) is 3. The van der Waals surface area contributed by atoms with Crippen molar-refractivity contribution in [2.24, 2.45) is 56.8 Å². The van der Waals surface area contributed by atoms with Crippen LogP contribution in [0.1, 0.15) is 237 Å². The van der Waals surface area contributed by atoms with Gasteiger partial charge < -0.3 is 67.6 Å². The average molecular weight is 1640 g/mol. The number of nitrogens with one attached hydrogen (secondary N) is 5. The molecule has 0 bridgehead atoms. The van der Waals surface area contributed by atoms with Gasteiger partial charge in [-0.25, -0.2) is 35.8 Å². The Kier molecular flexibility index (Phi) is 34.2. The fraction of sp³-hybridized carbons (Fsp3) is 0.688. The van der Waals surface area contributed by atoms with E-state index < -0.39 is 180 Å². The molecule has 0 fully saturated rings. The Hall–Kier alpha value is -8.79. The number of nitrogens with two attached hydrogens (primary N) is 3. The van der Waals surface area contributed by atoms with E-state index in [0.717, 1.165) is 22.3 Å². The number of sulfone groups is 1. The van der Waals surface area contributed by atoms with Crippen LogP contribution in [0, 0.1) is 71.1 Å². The summed E-state index contributed by atoms with van der Waals surface area (Å²) >= 11 is 0. The van der Waals surface area contributed by atoms with E-state index in [4.69, 9.17) is 36.1 Å². The zero-order valence-corrected chi connectivity index (χ0v) is 72.1. The van der Waals surface area contributed by atoms with Crippen LogP contribution in [0.3, 0.4) is 0 Å². The molecule has 5 rings (SSSR count). The number of ether oxygens (including phenoxy) is 4. The van der Waals surface area contributed by atoms with Crippen molar-refractivity contribution < 1.29 is 89.1 Å². The number of amidine groups is 1. The largest absolute Gasteiger partial charge is 0.487 e. The van der Waals surface area contributed by atoms with Crippen LogP contribution in [0.15, 0.2) is 26.0 Å². The minimum absolute atomic E-state index is 0.0238. The molecule has 0 radical (unpaired) electrons. The van der Waals surface area contributed by atoms with Crippen molar-refractivity contribution in [2.75, 3.05) is 25.4 Å². The van der Waals surface area contributed by atoms with Gasteiger partial charge in [0.15, 0.2) is 27.2 Å². The highest BCUT2D eigenvalue weighted by atomic mass is 32.2. The van der Waals surface area contributed by atoms with Gasteiger partial charge in [-0.05, 0) is 203 Å². The molecule has 32 nitrogen and oxygen atoms in total. The van der Waals surface area contributed by atoms with Gasteiger partial charge in [0.25, 0.3) is 10.0 Å². The molecule has 3 aromatic rings. The highest BCUT2D eigenvalue weighted by molar-refractivity contribution is 7.92. The molecule has 3 heterocycles. The third-order valence-corrected chi connectivity index (χ3v) is 24.2. The molecule has 638 valence electrons. The molecular formula is C80H127N13O19S2. The Morgan fingerprint density at radius 1 is 0.623 bits per heavy atom. The SMILES string of the molecule is CC[C@@H](C)C(CC(=O)[C@@H](CCCN=C(N)CS(=O)(=O)c1c(C)c(C)c2c(c1C)OC(C)(C)C2)NC(=O)[C@@H](CCCN=C(N)NS(=O)(=O)c1c(C)c(C)c2c(c1C)OC(C)(C)C2)CC(=O)[C@@H](Cc1cnnn1CCCCC(N)C(=O)O)NC(=O)OC(C)(C)C)C(=O)N[C@@H](C(=O)CC(CCCCNC(=O)OC(C)(C)C)C(=O)O)C(C)C. The first-order valence-corrected chi connectivity index (χ1v) is 42.5. The molecule has 114 heavy (non-hydrogen) atoms. The van der Waals surface area contributed by atoms with E-state index in [1.807, 2.05) is 41.5 Å². The number of carboxylic acid groups (broad SMARTS) is 2. The first kappa shape index (κ1) is 95.8. The number of aliphatic carboxylic acids is 2. The number of nitrogens with zero attached hydrogens (tertiary/aromatic N) is 5. The molecule has 2 aliphatic heterocycles. The summed E-state index contributed by atoms with van der Waals surface area (Å²) in [6.07, 6.45) is 0.659. The molecule has 8 atom stereocenters. The molecule has 3 unspecified atom stereocenters. The van der Waals surface area contributed by atoms with Crippen molar-refractivity contribution in [3.05, 3.63) is 56.4 Å². The van der Waals surface area contributed by atoms with E-state index in [-0.39, 0.29) is 86.8 Å². The highest BCUT2D eigenvalue weighted by Crippen LogP contribution is 2.46. The Balaban J connectivity index is 1.54. The van der Waals surface area contributed by atoms with E-state index in [1.165, 1.54) is 10.9 Å². The number of sulfonamides is 1. The highest BCUT2D eigenvalue weighted by Gasteiger charge is 2.41. The number of aryl methyl sites for hydroxylation is 1. The average Bonchev–Trinajstić information content (AvgIpc) is 1.53. The molecule has 2 aliphatic rings. The Morgan fingerprint density at radius 3 is 1.71 bits per heavy atom. The van der Waals surface area contributed by atoms with Gasteiger partial charge in [-0.2, -0.15) is 0 Å². The number of rotatable bonds is 44. The normalized spacial score (nSPS) is 16.3. The zero-order chi connectivity index (χ0) is 86.1. The quantitative estimate of drug-likeness (QED) is 0.0144.